The van der Waals surface area contributed by atoms with Gasteiger partial charge in [0, 0.05) is 0 Å². The Morgan fingerprint density at radius 3 is 2.60 bits per heavy atom. The third kappa shape index (κ3) is 5.74. The summed E-state index contributed by atoms with van der Waals surface area (Å²) in [4.78, 5) is 22.0. The van der Waals surface area contributed by atoms with Gasteiger partial charge in [-0.25, -0.2) is 0 Å². The fraction of sp³-hybridized carbons (Fsp3) is 0.636. The number of esters is 1. The maximum Gasteiger partial charge on any atom is 0.321 e. The maximum absolute atomic E-state index is 11.3. The van der Waals surface area contributed by atoms with Gasteiger partial charge < -0.3 is 9.84 Å². The maximum atomic E-state index is 11.3. The third-order valence-corrected chi connectivity index (χ3v) is 1.89. The van der Waals surface area contributed by atoms with Gasteiger partial charge in [-0.15, -0.1) is 5.92 Å². The first-order valence-corrected chi connectivity index (χ1v) is 4.92. The Labute approximate surface area is 89.6 Å². The average Bonchev–Trinajstić information content (AvgIpc) is 2.18. The second-order valence-corrected chi connectivity index (χ2v) is 3.07. The van der Waals surface area contributed by atoms with Crippen molar-refractivity contribution in [2.75, 3.05) is 6.61 Å². The van der Waals surface area contributed by atoms with E-state index in [1.54, 1.807) is 6.92 Å². The van der Waals surface area contributed by atoms with Crippen LogP contribution in [0.1, 0.15) is 33.1 Å². The van der Waals surface area contributed by atoms with Crippen molar-refractivity contribution in [2.24, 2.45) is 5.92 Å². The van der Waals surface area contributed by atoms with Crippen LogP contribution in [0.2, 0.25) is 0 Å². The number of carbonyl (C=O) groups is 2. The molecule has 0 aromatic rings. The average molecular weight is 212 g/mol. The van der Waals surface area contributed by atoms with Gasteiger partial charge in [-0.3, -0.25) is 9.59 Å². The van der Waals surface area contributed by atoms with Gasteiger partial charge in [0.05, 0.1) is 0 Å². The molecule has 0 bridgehead atoms. The van der Waals surface area contributed by atoms with Crippen LogP contribution in [0.5, 0.6) is 0 Å². The van der Waals surface area contributed by atoms with E-state index in [0.717, 1.165) is 6.42 Å². The van der Waals surface area contributed by atoms with Crippen LogP contribution in [-0.2, 0) is 14.3 Å². The highest BCUT2D eigenvalue weighted by molar-refractivity contribution is 5.93. The highest BCUT2D eigenvalue weighted by atomic mass is 16.5. The van der Waals surface area contributed by atoms with E-state index in [1.807, 2.05) is 6.92 Å². The summed E-state index contributed by atoms with van der Waals surface area (Å²) < 4.78 is 4.71. The molecule has 15 heavy (non-hydrogen) atoms. The zero-order valence-electron chi connectivity index (χ0n) is 9.08. The van der Waals surface area contributed by atoms with Crippen LogP contribution >= 0.6 is 0 Å². The summed E-state index contributed by atoms with van der Waals surface area (Å²) in [6.07, 6.45) is 1.88. The Bertz CT molecular complexity index is 272. The number of carboxylic acids is 1. The Kier molecular flexibility index (Phi) is 7.08. The van der Waals surface area contributed by atoms with Gasteiger partial charge in [0.1, 0.15) is 0 Å². The van der Waals surface area contributed by atoms with Crippen LogP contribution in [0, 0.1) is 17.8 Å². The molecule has 0 saturated heterocycles. The Balaban J connectivity index is 4.14. The highest BCUT2D eigenvalue weighted by Gasteiger charge is 2.26. The number of aliphatic carboxylic acids is 1. The van der Waals surface area contributed by atoms with Gasteiger partial charge in [0.25, 0.3) is 0 Å². The summed E-state index contributed by atoms with van der Waals surface area (Å²) in [5.74, 6) is 2.23. The molecular weight excluding hydrogens is 196 g/mol. The largest absolute Gasteiger partial charge is 0.481 e. The lowest BCUT2D eigenvalue weighted by Gasteiger charge is -2.09. The van der Waals surface area contributed by atoms with Crippen molar-refractivity contribution in [3.8, 4) is 11.8 Å². The first-order valence-electron chi connectivity index (χ1n) is 4.92. The monoisotopic (exact) mass is 212 g/mol. The van der Waals surface area contributed by atoms with Crippen molar-refractivity contribution in [3.05, 3.63) is 0 Å². The van der Waals surface area contributed by atoms with E-state index in [9.17, 15) is 9.59 Å². The zero-order valence-corrected chi connectivity index (χ0v) is 9.08. The Morgan fingerprint density at radius 1 is 1.47 bits per heavy atom. The number of hydrogen-bond acceptors (Lipinski definition) is 3. The molecule has 0 spiro atoms. The van der Waals surface area contributed by atoms with Crippen molar-refractivity contribution in [3.63, 3.8) is 0 Å². The molecule has 0 aromatic heterocycles. The number of ether oxygens (including phenoxy) is 1. The molecule has 84 valence electrons. The van der Waals surface area contributed by atoms with E-state index in [2.05, 4.69) is 11.8 Å². The van der Waals surface area contributed by atoms with Gasteiger partial charge in [0.2, 0.25) is 0 Å². The molecule has 0 aliphatic heterocycles. The fourth-order valence-corrected chi connectivity index (χ4v) is 1.03. The third-order valence-electron chi connectivity index (χ3n) is 1.89. The number of unbranched alkanes of at least 4 members (excludes halogenated alkanes) is 1. The summed E-state index contributed by atoms with van der Waals surface area (Å²) in [6, 6.07) is 0. The predicted molar refractivity (Wildman–Crippen MR) is 55.1 cm³/mol. The van der Waals surface area contributed by atoms with E-state index in [0.29, 0.717) is 12.8 Å². The van der Waals surface area contributed by atoms with E-state index >= 15 is 0 Å². The number of carbonyl (C=O) groups excluding carboxylic acids is 1. The number of carboxylic acid groups (broad SMARTS) is 1. The molecule has 0 radical (unpaired) electrons. The summed E-state index contributed by atoms with van der Waals surface area (Å²) >= 11 is 0. The molecule has 1 unspecified atom stereocenters. The summed E-state index contributed by atoms with van der Waals surface area (Å²) in [5.41, 5.74) is 0. The molecular formula is C11H16O4. The van der Waals surface area contributed by atoms with Gasteiger partial charge in [0.15, 0.2) is 12.5 Å². The van der Waals surface area contributed by atoms with E-state index in [-0.39, 0.29) is 6.61 Å². The first kappa shape index (κ1) is 13.5. The van der Waals surface area contributed by atoms with Gasteiger partial charge >= 0.3 is 11.9 Å². The Morgan fingerprint density at radius 2 is 2.13 bits per heavy atom. The van der Waals surface area contributed by atoms with Crippen molar-refractivity contribution in [2.45, 2.75) is 33.1 Å². The van der Waals surface area contributed by atoms with Crippen molar-refractivity contribution in [1.82, 2.24) is 0 Å². The van der Waals surface area contributed by atoms with Gasteiger partial charge in [-0.2, -0.15) is 0 Å². The second-order valence-electron chi connectivity index (χ2n) is 3.07. The van der Waals surface area contributed by atoms with Crippen LogP contribution in [0.3, 0.4) is 0 Å². The normalized spacial score (nSPS) is 11.1. The molecule has 4 heteroatoms. The zero-order chi connectivity index (χ0) is 11.7. The lowest BCUT2D eigenvalue weighted by molar-refractivity contribution is -0.158. The van der Waals surface area contributed by atoms with Crippen LogP contribution in [-0.4, -0.2) is 23.7 Å². The van der Waals surface area contributed by atoms with Gasteiger partial charge in [-0.1, -0.05) is 25.7 Å². The van der Waals surface area contributed by atoms with E-state index < -0.39 is 17.9 Å². The Hall–Kier alpha value is -1.50. The quantitative estimate of drug-likeness (QED) is 0.411. The topological polar surface area (TPSA) is 63.6 Å². The standard InChI is InChI=1S/C11H16O4/c1-3-5-7-9(10(12)13)11(14)15-8-6-4-2/h9H,3,5,7-8H2,1-2H3,(H,12,13). The fourth-order valence-electron chi connectivity index (χ4n) is 1.03. The van der Waals surface area contributed by atoms with Crippen molar-refractivity contribution < 1.29 is 19.4 Å². The van der Waals surface area contributed by atoms with E-state index in [4.69, 9.17) is 9.84 Å². The minimum absolute atomic E-state index is 0.0365. The van der Waals surface area contributed by atoms with Crippen molar-refractivity contribution in [1.29, 1.82) is 0 Å². The first-order chi connectivity index (χ1) is 7.13. The van der Waals surface area contributed by atoms with Gasteiger partial charge in [-0.05, 0) is 13.3 Å². The van der Waals surface area contributed by atoms with Crippen LogP contribution in [0.4, 0.5) is 0 Å². The summed E-state index contributed by atoms with van der Waals surface area (Å²) in [6.45, 7) is 3.53. The molecule has 1 atom stereocenters. The lowest BCUT2D eigenvalue weighted by Crippen LogP contribution is -2.26. The molecule has 0 amide bonds. The number of hydrogen-bond donors (Lipinski definition) is 1. The van der Waals surface area contributed by atoms with Crippen molar-refractivity contribution >= 4 is 11.9 Å². The molecule has 0 rings (SSSR count). The minimum Gasteiger partial charge on any atom is -0.481 e. The van der Waals surface area contributed by atoms with Crippen LogP contribution < -0.4 is 0 Å². The second kappa shape index (κ2) is 7.86. The lowest BCUT2D eigenvalue weighted by atomic mass is 10.0. The predicted octanol–water partition coefficient (Wildman–Crippen LogP) is 1.44. The molecule has 0 aliphatic rings. The molecule has 4 nitrogen and oxygen atoms in total. The molecule has 0 saturated carbocycles. The SMILES string of the molecule is CC#CCOC(=O)C(CCCC)C(=O)O. The van der Waals surface area contributed by atoms with Crippen LogP contribution in [0.25, 0.3) is 0 Å². The summed E-state index contributed by atoms with van der Waals surface area (Å²) in [7, 11) is 0. The smallest absolute Gasteiger partial charge is 0.321 e. The number of rotatable bonds is 6. The summed E-state index contributed by atoms with van der Waals surface area (Å²) in [5, 5.41) is 8.79. The molecule has 0 fully saturated rings. The molecule has 1 N–H and O–H groups in total. The minimum atomic E-state index is -1.13. The highest BCUT2D eigenvalue weighted by Crippen LogP contribution is 2.10. The van der Waals surface area contributed by atoms with E-state index in [1.165, 1.54) is 0 Å². The molecule has 0 aliphatic carbocycles. The molecule has 0 aromatic carbocycles. The molecule has 0 heterocycles. The van der Waals surface area contributed by atoms with Crippen LogP contribution in [0.15, 0.2) is 0 Å².